The van der Waals surface area contributed by atoms with Crippen LogP contribution in [0.1, 0.15) is 57.6 Å². The third-order valence-electron chi connectivity index (χ3n) is 3.70. The van der Waals surface area contributed by atoms with E-state index in [1.165, 1.54) is 25.7 Å². The normalized spacial score (nSPS) is 11.8. The summed E-state index contributed by atoms with van der Waals surface area (Å²) in [7, 11) is 0. The number of rotatable bonds is 8. The summed E-state index contributed by atoms with van der Waals surface area (Å²) in [4.78, 5) is 0. The second-order valence-corrected chi connectivity index (χ2v) is 6.31. The van der Waals surface area contributed by atoms with Crippen molar-refractivity contribution in [3.63, 3.8) is 0 Å². The Morgan fingerprint density at radius 1 is 1.21 bits per heavy atom. The Balaban J connectivity index is 2.38. The van der Waals surface area contributed by atoms with E-state index in [2.05, 4.69) is 26.1 Å². The molecule has 0 saturated carbocycles. The maximum Gasteiger partial charge on any atom is 0.122 e. The van der Waals surface area contributed by atoms with Crippen LogP contribution in [0.15, 0.2) is 18.2 Å². The number of aryl methyl sites for hydroxylation is 1. The van der Waals surface area contributed by atoms with E-state index in [1.54, 1.807) is 0 Å². The van der Waals surface area contributed by atoms with Crippen molar-refractivity contribution in [2.45, 2.75) is 59.9 Å². The summed E-state index contributed by atoms with van der Waals surface area (Å²) in [6.45, 7) is 10.5. The van der Waals surface area contributed by atoms with Gasteiger partial charge in [-0.05, 0) is 24.3 Å². The Hall–Kier alpha value is -1.02. The predicted octanol–water partition coefficient (Wildman–Crippen LogP) is 4.40. The van der Waals surface area contributed by atoms with Gasteiger partial charge in [0.1, 0.15) is 5.75 Å². The Morgan fingerprint density at radius 2 is 1.95 bits per heavy atom. The third kappa shape index (κ3) is 5.65. The SMILES string of the molecule is CCCCCC(C)(C)CNCc1cccc(C)c1O. The molecular formula is C17H29NO. The van der Waals surface area contributed by atoms with Crippen LogP contribution in [0.4, 0.5) is 0 Å². The van der Waals surface area contributed by atoms with E-state index in [0.29, 0.717) is 11.2 Å². The highest BCUT2D eigenvalue weighted by atomic mass is 16.3. The molecule has 2 heteroatoms. The van der Waals surface area contributed by atoms with Crippen molar-refractivity contribution in [3.8, 4) is 5.75 Å². The molecule has 0 saturated heterocycles. The van der Waals surface area contributed by atoms with Crippen LogP contribution >= 0.6 is 0 Å². The second kappa shape index (κ2) is 7.54. The Kier molecular flexibility index (Phi) is 6.36. The van der Waals surface area contributed by atoms with Crippen LogP contribution in [0.3, 0.4) is 0 Å². The van der Waals surface area contributed by atoms with Gasteiger partial charge in [0.05, 0.1) is 0 Å². The van der Waals surface area contributed by atoms with Crippen LogP contribution in [0.25, 0.3) is 0 Å². The molecule has 0 unspecified atom stereocenters. The summed E-state index contributed by atoms with van der Waals surface area (Å²) in [6, 6.07) is 5.92. The largest absolute Gasteiger partial charge is 0.507 e. The highest BCUT2D eigenvalue weighted by Crippen LogP contribution is 2.24. The number of para-hydroxylation sites is 1. The lowest BCUT2D eigenvalue weighted by atomic mass is 9.87. The molecular weight excluding hydrogens is 234 g/mol. The molecule has 19 heavy (non-hydrogen) atoms. The molecule has 1 aromatic carbocycles. The second-order valence-electron chi connectivity index (χ2n) is 6.31. The molecule has 108 valence electrons. The van der Waals surface area contributed by atoms with Gasteiger partial charge in [0, 0.05) is 18.7 Å². The number of benzene rings is 1. The van der Waals surface area contributed by atoms with Crippen LogP contribution in [0, 0.1) is 12.3 Å². The van der Waals surface area contributed by atoms with Gasteiger partial charge in [-0.15, -0.1) is 0 Å². The van der Waals surface area contributed by atoms with E-state index >= 15 is 0 Å². The van der Waals surface area contributed by atoms with Gasteiger partial charge in [-0.3, -0.25) is 0 Å². The van der Waals surface area contributed by atoms with Crippen LogP contribution in [-0.4, -0.2) is 11.7 Å². The van der Waals surface area contributed by atoms with E-state index < -0.39 is 0 Å². The number of unbranched alkanes of at least 4 members (excludes halogenated alkanes) is 2. The van der Waals surface area contributed by atoms with Crippen molar-refractivity contribution >= 4 is 0 Å². The van der Waals surface area contributed by atoms with Crippen LogP contribution < -0.4 is 5.32 Å². The number of hydrogen-bond donors (Lipinski definition) is 2. The van der Waals surface area contributed by atoms with Gasteiger partial charge in [-0.25, -0.2) is 0 Å². The highest BCUT2D eigenvalue weighted by molar-refractivity contribution is 5.39. The predicted molar refractivity (Wildman–Crippen MR) is 82.5 cm³/mol. The van der Waals surface area contributed by atoms with E-state index in [9.17, 15) is 5.11 Å². The molecule has 0 aliphatic heterocycles. The van der Waals surface area contributed by atoms with E-state index in [1.807, 2.05) is 25.1 Å². The molecule has 0 radical (unpaired) electrons. The molecule has 2 nitrogen and oxygen atoms in total. The van der Waals surface area contributed by atoms with E-state index in [4.69, 9.17) is 0 Å². The lowest BCUT2D eigenvalue weighted by Gasteiger charge is -2.25. The summed E-state index contributed by atoms with van der Waals surface area (Å²) >= 11 is 0. The Labute approximate surface area is 118 Å². The molecule has 1 aromatic rings. The zero-order valence-electron chi connectivity index (χ0n) is 12.9. The third-order valence-corrected chi connectivity index (χ3v) is 3.70. The van der Waals surface area contributed by atoms with Crippen molar-refractivity contribution in [2.75, 3.05) is 6.54 Å². The molecule has 0 aliphatic carbocycles. The van der Waals surface area contributed by atoms with Gasteiger partial charge in [0.2, 0.25) is 0 Å². The molecule has 0 aromatic heterocycles. The smallest absolute Gasteiger partial charge is 0.122 e. The fraction of sp³-hybridized carbons (Fsp3) is 0.647. The van der Waals surface area contributed by atoms with Gasteiger partial charge >= 0.3 is 0 Å². The van der Waals surface area contributed by atoms with Gasteiger partial charge in [0.15, 0.2) is 0 Å². The molecule has 0 spiro atoms. The number of phenols is 1. The molecule has 0 heterocycles. The summed E-state index contributed by atoms with van der Waals surface area (Å²) in [6.07, 6.45) is 5.16. The van der Waals surface area contributed by atoms with Crippen LogP contribution in [-0.2, 0) is 6.54 Å². The van der Waals surface area contributed by atoms with Gasteiger partial charge < -0.3 is 10.4 Å². The first-order chi connectivity index (χ1) is 8.96. The lowest BCUT2D eigenvalue weighted by molar-refractivity contribution is 0.301. The average molecular weight is 263 g/mol. The average Bonchev–Trinajstić information content (AvgIpc) is 2.34. The van der Waals surface area contributed by atoms with Crippen molar-refractivity contribution in [2.24, 2.45) is 5.41 Å². The molecule has 1 rings (SSSR count). The molecule has 0 bridgehead atoms. The van der Waals surface area contributed by atoms with Crippen molar-refractivity contribution in [1.82, 2.24) is 5.32 Å². The fourth-order valence-corrected chi connectivity index (χ4v) is 2.34. The summed E-state index contributed by atoms with van der Waals surface area (Å²) < 4.78 is 0. The first-order valence-corrected chi connectivity index (χ1v) is 7.44. The summed E-state index contributed by atoms with van der Waals surface area (Å²) in [5.41, 5.74) is 2.26. The first-order valence-electron chi connectivity index (χ1n) is 7.44. The highest BCUT2D eigenvalue weighted by Gasteiger charge is 2.16. The quantitative estimate of drug-likeness (QED) is 0.681. The standard InChI is InChI=1S/C17H29NO/c1-5-6-7-11-17(3,4)13-18-12-15-10-8-9-14(2)16(15)19/h8-10,18-19H,5-7,11-13H2,1-4H3. The maximum atomic E-state index is 9.96. The summed E-state index contributed by atoms with van der Waals surface area (Å²) in [5, 5.41) is 13.4. The minimum atomic E-state index is 0.328. The topological polar surface area (TPSA) is 32.3 Å². The van der Waals surface area contributed by atoms with E-state index in [0.717, 1.165) is 24.2 Å². The summed E-state index contributed by atoms with van der Waals surface area (Å²) in [5.74, 6) is 0.429. The zero-order valence-corrected chi connectivity index (χ0v) is 12.9. The molecule has 0 aliphatic rings. The Bertz CT molecular complexity index is 385. The number of aromatic hydroxyl groups is 1. The maximum absolute atomic E-state index is 9.96. The van der Waals surface area contributed by atoms with Gasteiger partial charge in [0.25, 0.3) is 0 Å². The monoisotopic (exact) mass is 263 g/mol. The van der Waals surface area contributed by atoms with Crippen molar-refractivity contribution in [3.05, 3.63) is 29.3 Å². The van der Waals surface area contributed by atoms with Crippen LogP contribution in [0.2, 0.25) is 0 Å². The molecule has 0 atom stereocenters. The van der Waals surface area contributed by atoms with Gasteiger partial charge in [-0.2, -0.15) is 0 Å². The number of nitrogens with one attached hydrogen (secondary N) is 1. The van der Waals surface area contributed by atoms with Gasteiger partial charge in [-0.1, -0.05) is 58.2 Å². The molecule has 0 fully saturated rings. The fourth-order valence-electron chi connectivity index (χ4n) is 2.34. The van der Waals surface area contributed by atoms with Crippen LogP contribution in [0.5, 0.6) is 5.75 Å². The first kappa shape index (κ1) is 16.0. The minimum absolute atomic E-state index is 0.328. The minimum Gasteiger partial charge on any atom is -0.507 e. The van der Waals surface area contributed by atoms with Crippen molar-refractivity contribution < 1.29 is 5.11 Å². The van der Waals surface area contributed by atoms with E-state index in [-0.39, 0.29) is 0 Å². The Morgan fingerprint density at radius 3 is 2.63 bits per heavy atom. The number of hydrogen-bond acceptors (Lipinski definition) is 2. The molecule has 2 N–H and O–H groups in total. The lowest BCUT2D eigenvalue weighted by Crippen LogP contribution is -2.29. The number of phenolic OH excluding ortho intramolecular Hbond substituents is 1. The molecule has 0 amide bonds. The van der Waals surface area contributed by atoms with Crippen molar-refractivity contribution in [1.29, 1.82) is 0 Å². The zero-order chi connectivity index (χ0) is 14.3.